The summed E-state index contributed by atoms with van der Waals surface area (Å²) in [4.78, 5) is 28.5. The van der Waals surface area contributed by atoms with Crippen LogP contribution in [-0.2, 0) is 9.53 Å². The summed E-state index contributed by atoms with van der Waals surface area (Å²) in [6.45, 7) is 1.44. The minimum atomic E-state index is -1.08. The molecule has 0 aliphatic carbocycles. The lowest BCUT2D eigenvalue weighted by atomic mass is 10.2. The van der Waals surface area contributed by atoms with Gasteiger partial charge in [0.05, 0.1) is 32.6 Å². The molecule has 1 aromatic carbocycles. The highest BCUT2D eigenvalue weighted by Gasteiger charge is 2.23. The van der Waals surface area contributed by atoms with Gasteiger partial charge in [-0.05, 0) is 31.2 Å². The van der Waals surface area contributed by atoms with Gasteiger partial charge in [0.15, 0.2) is 22.8 Å². The molecule has 1 N–H and O–H groups in total. The molecule has 0 radical (unpaired) electrons. The van der Waals surface area contributed by atoms with Gasteiger partial charge in [-0.2, -0.15) is 0 Å². The van der Waals surface area contributed by atoms with Crippen molar-refractivity contribution in [3.05, 3.63) is 41.2 Å². The lowest BCUT2D eigenvalue weighted by molar-refractivity contribution is -0.123. The van der Waals surface area contributed by atoms with Crippen molar-refractivity contribution in [2.75, 3.05) is 26.6 Å². The monoisotopic (exact) mass is 394 g/mol. The van der Waals surface area contributed by atoms with E-state index in [4.69, 9.17) is 30.5 Å². The van der Waals surface area contributed by atoms with Crippen LogP contribution in [0.4, 0.5) is 5.69 Å². The first-order chi connectivity index (χ1) is 12.9. The third-order valence-electron chi connectivity index (χ3n) is 3.57. The number of anilines is 1. The quantitative estimate of drug-likeness (QED) is 0.569. The zero-order valence-corrected chi connectivity index (χ0v) is 16.0. The van der Waals surface area contributed by atoms with Crippen molar-refractivity contribution in [3.63, 3.8) is 0 Å². The maximum atomic E-state index is 12.4. The maximum absolute atomic E-state index is 12.4. The van der Waals surface area contributed by atoms with Gasteiger partial charge in [0.25, 0.3) is 5.91 Å². The number of carbonyl (C=O) groups is 2. The molecule has 0 aliphatic rings. The molecule has 1 unspecified atom stereocenters. The zero-order chi connectivity index (χ0) is 20.0. The van der Waals surface area contributed by atoms with Crippen LogP contribution in [-0.4, -0.2) is 44.3 Å². The number of hydrogen-bond acceptors (Lipinski definition) is 7. The van der Waals surface area contributed by atoms with E-state index in [2.05, 4.69) is 10.3 Å². The topological polar surface area (TPSA) is 96.0 Å². The summed E-state index contributed by atoms with van der Waals surface area (Å²) < 4.78 is 20.8. The van der Waals surface area contributed by atoms with Crippen LogP contribution in [0.2, 0.25) is 5.15 Å². The molecule has 1 aromatic heterocycles. The molecule has 0 saturated carbocycles. The minimum absolute atomic E-state index is 0.133. The number of aromatic nitrogens is 1. The lowest BCUT2D eigenvalue weighted by Crippen LogP contribution is -2.30. The number of esters is 1. The number of ether oxygens (including phenoxy) is 4. The first kappa shape index (κ1) is 20.3. The molecule has 0 saturated heterocycles. The van der Waals surface area contributed by atoms with Gasteiger partial charge in [0.1, 0.15) is 0 Å². The van der Waals surface area contributed by atoms with Crippen molar-refractivity contribution in [1.82, 2.24) is 4.98 Å². The summed E-state index contributed by atoms with van der Waals surface area (Å²) in [5.41, 5.74) is 0.461. The molecule has 2 rings (SSSR count). The molecule has 0 aliphatic heterocycles. The predicted molar refractivity (Wildman–Crippen MR) is 98.9 cm³/mol. The highest BCUT2D eigenvalue weighted by atomic mass is 35.5. The first-order valence-corrected chi connectivity index (χ1v) is 8.21. The normalized spacial score (nSPS) is 11.3. The molecule has 27 heavy (non-hydrogen) atoms. The Hall–Kier alpha value is -3.00. The highest BCUT2D eigenvalue weighted by Crippen LogP contribution is 2.38. The van der Waals surface area contributed by atoms with E-state index in [1.807, 2.05) is 0 Å². The molecule has 2 aromatic rings. The van der Waals surface area contributed by atoms with Gasteiger partial charge in [-0.1, -0.05) is 11.6 Å². The molecule has 9 heteroatoms. The number of benzene rings is 1. The van der Waals surface area contributed by atoms with Gasteiger partial charge < -0.3 is 24.3 Å². The fraction of sp³-hybridized carbons (Fsp3) is 0.278. The summed E-state index contributed by atoms with van der Waals surface area (Å²) in [6.07, 6.45) is 0.416. The van der Waals surface area contributed by atoms with Crippen LogP contribution in [0.5, 0.6) is 17.2 Å². The third kappa shape index (κ3) is 4.79. The number of methoxy groups -OCH3 is 3. The van der Waals surface area contributed by atoms with Crippen molar-refractivity contribution < 1.29 is 28.5 Å². The average molecular weight is 395 g/mol. The molecule has 0 fully saturated rings. The Balaban J connectivity index is 2.14. The number of nitrogens with one attached hydrogen (secondary N) is 1. The number of amides is 1. The third-order valence-corrected chi connectivity index (χ3v) is 3.87. The molecule has 1 amide bonds. The van der Waals surface area contributed by atoms with Crippen LogP contribution in [0, 0.1) is 0 Å². The van der Waals surface area contributed by atoms with Crippen LogP contribution in [0.25, 0.3) is 0 Å². The largest absolute Gasteiger partial charge is 0.493 e. The lowest BCUT2D eigenvalue weighted by Gasteiger charge is -2.16. The van der Waals surface area contributed by atoms with Crippen LogP contribution >= 0.6 is 11.6 Å². The van der Waals surface area contributed by atoms with Gasteiger partial charge in [-0.25, -0.2) is 9.78 Å². The van der Waals surface area contributed by atoms with Gasteiger partial charge in [0, 0.05) is 6.20 Å². The van der Waals surface area contributed by atoms with E-state index in [0.29, 0.717) is 22.9 Å². The Morgan fingerprint density at radius 3 is 2.26 bits per heavy atom. The Morgan fingerprint density at radius 2 is 1.74 bits per heavy atom. The summed E-state index contributed by atoms with van der Waals surface area (Å²) in [5, 5.41) is 2.68. The van der Waals surface area contributed by atoms with E-state index in [-0.39, 0.29) is 10.7 Å². The molecule has 0 spiro atoms. The summed E-state index contributed by atoms with van der Waals surface area (Å²) in [7, 11) is 4.31. The zero-order valence-electron chi connectivity index (χ0n) is 15.2. The van der Waals surface area contributed by atoms with E-state index in [1.165, 1.54) is 46.6 Å². The van der Waals surface area contributed by atoms with Crippen molar-refractivity contribution in [1.29, 1.82) is 0 Å². The number of nitrogens with zero attached hydrogens (tertiary/aromatic N) is 1. The van der Waals surface area contributed by atoms with E-state index >= 15 is 0 Å². The molecule has 144 valence electrons. The standard InChI is InChI=1S/C18H19ClN2O6/c1-10(17(22)21-12-6-5-7-20-16(12)19)27-18(23)11-8-13(24-2)15(26-4)14(9-11)25-3/h5-10H,1-4H3,(H,21,22). The summed E-state index contributed by atoms with van der Waals surface area (Å²) >= 11 is 5.90. The molecule has 0 bridgehead atoms. The maximum Gasteiger partial charge on any atom is 0.339 e. The second-order valence-electron chi connectivity index (χ2n) is 5.29. The Morgan fingerprint density at radius 1 is 1.11 bits per heavy atom. The van der Waals surface area contributed by atoms with Gasteiger partial charge in [0.2, 0.25) is 5.75 Å². The van der Waals surface area contributed by atoms with Gasteiger partial charge in [-0.3, -0.25) is 4.79 Å². The summed E-state index contributed by atoms with van der Waals surface area (Å²) in [5.74, 6) is -0.348. The number of rotatable bonds is 7. The second-order valence-corrected chi connectivity index (χ2v) is 5.65. The number of halogens is 1. The van der Waals surface area contributed by atoms with Crippen LogP contribution in [0.1, 0.15) is 17.3 Å². The van der Waals surface area contributed by atoms with Crippen LogP contribution in [0.15, 0.2) is 30.5 Å². The molecule has 8 nitrogen and oxygen atoms in total. The Kier molecular flexibility index (Phi) is 6.84. The average Bonchev–Trinajstić information content (AvgIpc) is 2.68. The molecular formula is C18H19ClN2O6. The number of carbonyl (C=O) groups excluding carboxylic acids is 2. The van der Waals surface area contributed by atoms with Crippen molar-refractivity contribution >= 4 is 29.2 Å². The van der Waals surface area contributed by atoms with Crippen molar-refractivity contribution in [2.24, 2.45) is 0 Å². The highest BCUT2D eigenvalue weighted by molar-refractivity contribution is 6.32. The Labute approximate surface area is 161 Å². The van der Waals surface area contributed by atoms with Crippen molar-refractivity contribution in [3.8, 4) is 17.2 Å². The number of pyridine rings is 1. The molecular weight excluding hydrogens is 376 g/mol. The molecule has 1 heterocycles. The van der Waals surface area contributed by atoms with Crippen LogP contribution in [0.3, 0.4) is 0 Å². The van der Waals surface area contributed by atoms with Crippen LogP contribution < -0.4 is 19.5 Å². The van der Waals surface area contributed by atoms with E-state index in [1.54, 1.807) is 12.1 Å². The van der Waals surface area contributed by atoms with Gasteiger partial charge >= 0.3 is 5.97 Å². The number of hydrogen-bond donors (Lipinski definition) is 1. The fourth-order valence-corrected chi connectivity index (χ4v) is 2.36. The Bertz CT molecular complexity index is 817. The molecule has 1 atom stereocenters. The first-order valence-electron chi connectivity index (χ1n) is 7.83. The van der Waals surface area contributed by atoms with E-state index < -0.39 is 18.0 Å². The second kappa shape index (κ2) is 9.09. The smallest absolute Gasteiger partial charge is 0.339 e. The van der Waals surface area contributed by atoms with Crippen molar-refractivity contribution in [2.45, 2.75) is 13.0 Å². The van der Waals surface area contributed by atoms with E-state index in [9.17, 15) is 9.59 Å². The summed E-state index contributed by atoms with van der Waals surface area (Å²) in [6, 6.07) is 6.08. The SMILES string of the molecule is COc1cc(C(=O)OC(C)C(=O)Nc2cccnc2Cl)cc(OC)c1OC. The predicted octanol–water partition coefficient (Wildman–Crippen LogP) is 2.94. The fourth-order valence-electron chi connectivity index (χ4n) is 2.19. The minimum Gasteiger partial charge on any atom is -0.493 e. The van der Waals surface area contributed by atoms with Gasteiger partial charge in [-0.15, -0.1) is 0 Å². The van der Waals surface area contributed by atoms with E-state index in [0.717, 1.165) is 0 Å².